The van der Waals surface area contributed by atoms with E-state index in [9.17, 15) is 13.2 Å². The SMILES string of the molecule is Cn1cc(-c2ccc3nc(C(c4nnc(COC(N)=O)o4)S(C)(=O)=O)sc3c2)cn1. The van der Waals surface area contributed by atoms with Gasteiger partial charge in [0.15, 0.2) is 21.7 Å². The van der Waals surface area contributed by atoms with Gasteiger partial charge in [-0.15, -0.1) is 21.5 Å². The number of ether oxygens (including phenoxy) is 1. The lowest BCUT2D eigenvalue weighted by Gasteiger charge is -2.07. The van der Waals surface area contributed by atoms with Gasteiger partial charge < -0.3 is 14.9 Å². The summed E-state index contributed by atoms with van der Waals surface area (Å²) in [5.74, 6) is -0.232. The molecule has 156 valence electrons. The fraction of sp³-hybridized carbons (Fsp3) is 0.235. The third-order valence-electron chi connectivity index (χ3n) is 4.14. The maximum atomic E-state index is 12.5. The Balaban J connectivity index is 1.72. The number of hydrogen-bond acceptors (Lipinski definition) is 10. The minimum atomic E-state index is -3.69. The number of thiazole rings is 1. The van der Waals surface area contributed by atoms with Gasteiger partial charge in [-0.1, -0.05) is 6.07 Å². The molecule has 0 spiro atoms. The number of benzene rings is 1. The molecule has 1 amide bonds. The minimum absolute atomic E-state index is 0.0718. The van der Waals surface area contributed by atoms with Crippen LogP contribution in [0, 0.1) is 0 Å². The van der Waals surface area contributed by atoms with Gasteiger partial charge in [-0.2, -0.15) is 5.10 Å². The molecule has 30 heavy (non-hydrogen) atoms. The maximum absolute atomic E-state index is 12.5. The van der Waals surface area contributed by atoms with Crippen molar-refractivity contribution < 1.29 is 22.4 Å². The topological polar surface area (TPSA) is 156 Å². The van der Waals surface area contributed by atoms with Gasteiger partial charge in [0.25, 0.3) is 5.89 Å². The molecule has 1 unspecified atom stereocenters. The van der Waals surface area contributed by atoms with E-state index >= 15 is 0 Å². The van der Waals surface area contributed by atoms with E-state index in [0.717, 1.165) is 22.1 Å². The lowest BCUT2D eigenvalue weighted by Crippen LogP contribution is -2.13. The molecule has 4 rings (SSSR count). The second-order valence-corrected chi connectivity index (χ2v) is 9.68. The summed E-state index contributed by atoms with van der Waals surface area (Å²) in [5.41, 5.74) is 7.42. The molecule has 0 fully saturated rings. The summed E-state index contributed by atoms with van der Waals surface area (Å²) < 4.78 is 37.5. The number of aromatic nitrogens is 5. The quantitative estimate of drug-likeness (QED) is 0.464. The highest BCUT2D eigenvalue weighted by molar-refractivity contribution is 7.91. The third kappa shape index (κ3) is 4.02. The van der Waals surface area contributed by atoms with Gasteiger partial charge in [-0.25, -0.2) is 18.2 Å². The zero-order valence-corrected chi connectivity index (χ0v) is 17.5. The van der Waals surface area contributed by atoms with Crippen LogP contribution < -0.4 is 5.73 Å². The van der Waals surface area contributed by atoms with Crippen molar-refractivity contribution in [3.63, 3.8) is 0 Å². The van der Waals surface area contributed by atoms with E-state index in [2.05, 4.69) is 25.0 Å². The predicted molar refractivity (Wildman–Crippen MR) is 107 cm³/mol. The molecule has 0 radical (unpaired) electrons. The molecule has 0 saturated carbocycles. The first-order chi connectivity index (χ1) is 14.2. The van der Waals surface area contributed by atoms with Gasteiger partial charge in [0.05, 0.1) is 16.4 Å². The second kappa shape index (κ2) is 7.50. The average Bonchev–Trinajstić information content (AvgIpc) is 3.38. The Labute approximate surface area is 174 Å². The number of carbonyl (C=O) groups excluding carboxylic acids is 1. The zero-order chi connectivity index (χ0) is 21.5. The van der Waals surface area contributed by atoms with Crippen molar-refractivity contribution in [2.75, 3.05) is 6.26 Å². The molecule has 3 heterocycles. The molecule has 4 aromatic rings. The molecular formula is C17H16N6O5S2. The first-order valence-corrected chi connectivity index (χ1v) is 11.3. The summed E-state index contributed by atoms with van der Waals surface area (Å²) in [7, 11) is -1.86. The summed E-state index contributed by atoms with van der Waals surface area (Å²) in [6, 6.07) is 5.63. The summed E-state index contributed by atoms with van der Waals surface area (Å²) in [4.78, 5) is 15.2. The van der Waals surface area contributed by atoms with Crippen LogP contribution in [0.5, 0.6) is 0 Å². The first kappa shape index (κ1) is 20.0. The fourth-order valence-electron chi connectivity index (χ4n) is 2.84. The predicted octanol–water partition coefficient (Wildman–Crippen LogP) is 1.81. The smallest absolute Gasteiger partial charge is 0.405 e. The number of nitrogens with zero attached hydrogens (tertiary/aromatic N) is 5. The number of sulfone groups is 1. The van der Waals surface area contributed by atoms with Crippen molar-refractivity contribution in [3.05, 3.63) is 47.4 Å². The van der Waals surface area contributed by atoms with Crippen LogP contribution in [0.3, 0.4) is 0 Å². The van der Waals surface area contributed by atoms with Crippen LogP contribution >= 0.6 is 11.3 Å². The standard InChI is InChI=1S/C17H16N6O5S2/c1-23-7-10(6-19-23)9-3-4-11-12(5-9)29-16(20-11)14(30(2,25)26)15-22-21-13(28-15)8-27-17(18)24/h3-7,14H,8H2,1-2H3,(H2,18,24). The number of hydrogen-bond donors (Lipinski definition) is 1. The van der Waals surface area contributed by atoms with Crippen LogP contribution in [0.15, 0.2) is 35.0 Å². The summed E-state index contributed by atoms with van der Waals surface area (Å²) in [6.45, 7) is -0.354. The maximum Gasteiger partial charge on any atom is 0.405 e. The van der Waals surface area contributed by atoms with Gasteiger partial charge >= 0.3 is 6.09 Å². The lowest BCUT2D eigenvalue weighted by atomic mass is 10.1. The number of aryl methyl sites for hydroxylation is 1. The summed E-state index contributed by atoms with van der Waals surface area (Å²) in [5, 5.41) is 10.7. The van der Waals surface area contributed by atoms with Gasteiger partial charge in [-0.3, -0.25) is 4.68 Å². The highest BCUT2D eigenvalue weighted by Gasteiger charge is 2.34. The Kier molecular flexibility index (Phi) is 4.99. The third-order valence-corrected chi connectivity index (χ3v) is 6.65. The van der Waals surface area contributed by atoms with E-state index in [1.54, 1.807) is 10.9 Å². The van der Waals surface area contributed by atoms with Gasteiger partial charge in [-0.05, 0) is 17.7 Å². The number of amides is 1. The summed E-state index contributed by atoms with van der Waals surface area (Å²) in [6.07, 6.45) is 3.69. The van der Waals surface area contributed by atoms with Crippen molar-refractivity contribution >= 4 is 37.5 Å². The number of rotatable bonds is 6. The van der Waals surface area contributed by atoms with Crippen molar-refractivity contribution in [2.24, 2.45) is 12.8 Å². The molecule has 1 atom stereocenters. The minimum Gasteiger partial charge on any atom is -0.440 e. The molecule has 13 heteroatoms. The zero-order valence-electron chi connectivity index (χ0n) is 15.8. The monoisotopic (exact) mass is 448 g/mol. The number of nitrogens with two attached hydrogens (primary N) is 1. The van der Waals surface area contributed by atoms with Crippen LogP contribution in [0.25, 0.3) is 21.3 Å². The van der Waals surface area contributed by atoms with Crippen LogP contribution in [-0.4, -0.2) is 45.7 Å². The molecule has 2 N–H and O–H groups in total. The van der Waals surface area contributed by atoms with Crippen LogP contribution in [0.4, 0.5) is 4.79 Å². The van der Waals surface area contributed by atoms with E-state index < -0.39 is 21.2 Å². The van der Waals surface area contributed by atoms with Crippen molar-refractivity contribution in [1.82, 2.24) is 25.0 Å². The molecular weight excluding hydrogens is 432 g/mol. The van der Waals surface area contributed by atoms with E-state index in [0.29, 0.717) is 10.5 Å². The van der Waals surface area contributed by atoms with Crippen LogP contribution in [-0.2, 0) is 28.2 Å². The molecule has 0 bridgehead atoms. The molecule has 1 aromatic carbocycles. The molecule has 0 aliphatic rings. The molecule has 0 saturated heterocycles. The van der Waals surface area contributed by atoms with Crippen molar-refractivity contribution in [2.45, 2.75) is 11.9 Å². The Hall–Kier alpha value is -3.32. The largest absolute Gasteiger partial charge is 0.440 e. The van der Waals surface area contributed by atoms with E-state index in [4.69, 9.17) is 10.2 Å². The van der Waals surface area contributed by atoms with E-state index in [-0.39, 0.29) is 18.4 Å². The molecule has 0 aliphatic heterocycles. The average molecular weight is 448 g/mol. The molecule has 3 aromatic heterocycles. The normalized spacial score (nSPS) is 12.9. The molecule has 0 aliphatic carbocycles. The number of fused-ring (bicyclic) bond motifs is 1. The molecule has 11 nitrogen and oxygen atoms in total. The Morgan fingerprint density at radius 1 is 1.33 bits per heavy atom. The van der Waals surface area contributed by atoms with Gasteiger partial charge in [0, 0.05) is 25.1 Å². The summed E-state index contributed by atoms with van der Waals surface area (Å²) >= 11 is 1.22. The van der Waals surface area contributed by atoms with Gasteiger partial charge in [0.1, 0.15) is 5.01 Å². The lowest BCUT2D eigenvalue weighted by molar-refractivity contribution is 0.138. The van der Waals surface area contributed by atoms with Crippen LogP contribution in [0.1, 0.15) is 22.0 Å². The van der Waals surface area contributed by atoms with E-state index in [1.807, 2.05) is 31.4 Å². The van der Waals surface area contributed by atoms with Gasteiger partial charge in [0.2, 0.25) is 5.89 Å². The van der Waals surface area contributed by atoms with Crippen LogP contribution in [0.2, 0.25) is 0 Å². The number of primary amides is 1. The van der Waals surface area contributed by atoms with Crippen molar-refractivity contribution in [3.8, 4) is 11.1 Å². The first-order valence-electron chi connectivity index (χ1n) is 8.53. The second-order valence-electron chi connectivity index (χ2n) is 6.49. The number of carbonyl (C=O) groups is 1. The highest BCUT2D eigenvalue weighted by atomic mass is 32.2. The highest BCUT2D eigenvalue weighted by Crippen LogP contribution is 2.36. The fourth-order valence-corrected chi connectivity index (χ4v) is 5.37. The Morgan fingerprint density at radius 3 is 2.80 bits per heavy atom. The van der Waals surface area contributed by atoms with Crippen molar-refractivity contribution in [1.29, 1.82) is 0 Å². The Bertz CT molecular complexity index is 1340. The van der Waals surface area contributed by atoms with E-state index in [1.165, 1.54) is 11.3 Å². The Morgan fingerprint density at radius 2 is 2.13 bits per heavy atom.